The van der Waals surface area contributed by atoms with E-state index >= 15 is 0 Å². The second-order valence-corrected chi connectivity index (χ2v) is 10.4. The minimum atomic E-state index is -3.91. The molecule has 190 valence electrons. The molecule has 37 heavy (non-hydrogen) atoms. The average Bonchev–Trinajstić information content (AvgIpc) is 3.55. The Labute approximate surface area is 237 Å². The molecule has 0 spiro atoms. The van der Waals surface area contributed by atoms with Crippen LogP contribution in [0.4, 0.5) is 10.8 Å². The number of halogens is 1. The Bertz CT molecular complexity index is 1610. The molecule has 0 atom stereocenters. The second-order valence-electron chi connectivity index (χ2n) is 7.53. The van der Waals surface area contributed by atoms with Crippen molar-refractivity contribution < 1.29 is 35.6 Å². The van der Waals surface area contributed by atoms with Crippen LogP contribution in [-0.2, 0) is 32.4 Å². The maximum Gasteiger partial charge on any atom is 1.00 e. The molecule has 1 N–H and O–H groups in total. The van der Waals surface area contributed by atoms with Crippen molar-refractivity contribution in [3.63, 3.8) is 0 Å². The summed E-state index contributed by atoms with van der Waals surface area (Å²) in [7, 11) is -3.91. The third kappa shape index (κ3) is 6.19. The van der Waals surface area contributed by atoms with Crippen molar-refractivity contribution in [2.75, 3.05) is 5.32 Å². The van der Waals surface area contributed by atoms with Gasteiger partial charge in [0.2, 0.25) is 10.0 Å². The molecule has 5 aromatic rings. The first-order valence-electron chi connectivity index (χ1n) is 10.6. The van der Waals surface area contributed by atoms with Gasteiger partial charge < -0.3 is 15.0 Å². The number of hydrogen-bond acceptors (Lipinski definition) is 6. The van der Waals surface area contributed by atoms with Crippen molar-refractivity contribution in [2.45, 2.75) is 4.90 Å². The van der Waals surface area contributed by atoms with Gasteiger partial charge >= 0.3 is 22.4 Å². The van der Waals surface area contributed by atoms with Crippen LogP contribution in [0.15, 0.2) is 101 Å². The Morgan fingerprint density at radius 2 is 1.68 bits per heavy atom. The molecule has 2 heterocycles. The summed E-state index contributed by atoms with van der Waals surface area (Å²) in [6, 6.07) is 24.2. The van der Waals surface area contributed by atoms with Crippen molar-refractivity contribution in [3.8, 4) is 16.9 Å². The summed E-state index contributed by atoms with van der Waals surface area (Å²) in [6.07, 6.45) is 1.48. The molecule has 0 radical (unpaired) electrons. The quantitative estimate of drug-likeness (QED) is 0.210. The van der Waals surface area contributed by atoms with E-state index in [-0.39, 0.29) is 38.1 Å². The Hall–Kier alpha value is -3.25. The van der Waals surface area contributed by atoms with Crippen LogP contribution >= 0.6 is 22.9 Å². The largest absolute Gasteiger partial charge is 1.00 e. The molecule has 8 nitrogen and oxygen atoms in total. The van der Waals surface area contributed by atoms with Gasteiger partial charge in [-0.1, -0.05) is 48.1 Å². The third-order valence-electron chi connectivity index (χ3n) is 5.11. The van der Waals surface area contributed by atoms with Gasteiger partial charge in [0.15, 0.2) is 5.69 Å². The van der Waals surface area contributed by atoms with Gasteiger partial charge in [-0.15, -0.1) is 0 Å². The summed E-state index contributed by atoms with van der Waals surface area (Å²) in [5.41, 5.74) is 2.96. The number of rotatable bonds is 7. The predicted octanol–water partition coefficient (Wildman–Crippen LogP) is 6.29. The van der Waals surface area contributed by atoms with Crippen molar-refractivity contribution in [1.82, 2.24) is 14.8 Å². The van der Waals surface area contributed by atoms with Crippen LogP contribution < -0.4 is 5.32 Å². The normalized spacial score (nSPS) is 10.9. The summed E-state index contributed by atoms with van der Waals surface area (Å²) in [4.78, 5) is 16.9. The fourth-order valence-electron chi connectivity index (χ4n) is 3.41. The topological polar surface area (TPSA) is 108 Å². The Morgan fingerprint density at radius 1 is 0.973 bits per heavy atom. The van der Waals surface area contributed by atoms with Crippen LogP contribution in [0.1, 0.15) is 10.5 Å². The van der Waals surface area contributed by atoms with E-state index in [1.807, 2.05) is 42.5 Å². The van der Waals surface area contributed by atoms with E-state index in [4.69, 9.17) is 11.6 Å². The monoisotopic (exact) mass is 641 g/mol. The number of carbonyl (C=O) groups is 1. The standard InChI is InChI=1S/C25H18ClN5O3S2.Ag/c26-18-8-6-17(7-9-18)23-16-22(29-31(23)20-4-2-1-3-5-20)24(32)28-19-10-12-21(13-11-19)36(33,34)30-25-27-14-15-35-25;/h1-16H,(H2,27,28,30,32);/q;+1/p-1. The van der Waals surface area contributed by atoms with Gasteiger partial charge in [-0.3, -0.25) is 4.79 Å². The van der Waals surface area contributed by atoms with E-state index in [0.717, 1.165) is 22.6 Å². The van der Waals surface area contributed by atoms with Gasteiger partial charge in [0.05, 0.1) is 16.3 Å². The average molecular weight is 643 g/mol. The molecular formula is C25H17AgClN5O3S2. The molecule has 0 unspecified atom stereocenters. The number of anilines is 1. The predicted molar refractivity (Wildman–Crippen MR) is 141 cm³/mol. The number of sulfonamides is 1. The second kappa shape index (κ2) is 11.4. The molecule has 0 saturated carbocycles. The van der Waals surface area contributed by atoms with Gasteiger partial charge in [0.1, 0.15) is 0 Å². The van der Waals surface area contributed by atoms with E-state index in [2.05, 4.69) is 20.1 Å². The number of thiazole rings is 1. The van der Waals surface area contributed by atoms with Crippen LogP contribution in [-0.4, -0.2) is 29.1 Å². The summed E-state index contributed by atoms with van der Waals surface area (Å²) in [5.74, 6) is -0.442. The van der Waals surface area contributed by atoms with Crippen molar-refractivity contribution in [2.24, 2.45) is 0 Å². The molecule has 0 saturated heterocycles. The number of benzene rings is 3. The number of aromatic nitrogens is 3. The number of nitrogens with one attached hydrogen (secondary N) is 1. The maximum absolute atomic E-state index is 13.0. The fourth-order valence-corrected chi connectivity index (χ4v) is 5.20. The van der Waals surface area contributed by atoms with Crippen LogP contribution in [0.3, 0.4) is 0 Å². The minimum absolute atomic E-state index is 0. The van der Waals surface area contributed by atoms with Crippen molar-refractivity contribution in [1.29, 1.82) is 0 Å². The zero-order chi connectivity index (χ0) is 25.1. The Kier molecular flexibility index (Phi) is 8.28. The smallest absolute Gasteiger partial charge is 0.433 e. The van der Waals surface area contributed by atoms with Gasteiger partial charge in [0.25, 0.3) is 5.91 Å². The molecule has 0 bridgehead atoms. The van der Waals surface area contributed by atoms with E-state index in [9.17, 15) is 13.2 Å². The first-order valence-corrected chi connectivity index (χ1v) is 13.3. The molecule has 0 aliphatic heterocycles. The van der Waals surface area contributed by atoms with E-state index in [1.165, 1.54) is 30.5 Å². The van der Waals surface area contributed by atoms with E-state index < -0.39 is 15.9 Å². The first-order chi connectivity index (χ1) is 17.4. The molecule has 3 aromatic carbocycles. The summed E-state index contributed by atoms with van der Waals surface area (Å²) >= 11 is 7.17. The molecule has 0 aliphatic rings. The SMILES string of the molecule is O=C(Nc1ccc(S(=O)(=O)[N-]c2nccs2)cc1)c1cc(-c2ccc(Cl)cc2)n(-c2ccccc2)n1.[Ag+]. The zero-order valence-corrected chi connectivity index (χ0v) is 22.6. The fraction of sp³-hybridized carbons (Fsp3) is 0. The van der Waals surface area contributed by atoms with Gasteiger partial charge in [0, 0.05) is 21.4 Å². The van der Waals surface area contributed by atoms with Gasteiger partial charge in [-0.2, -0.15) is 16.4 Å². The van der Waals surface area contributed by atoms with Crippen molar-refractivity contribution >= 4 is 49.7 Å². The van der Waals surface area contributed by atoms with E-state index in [0.29, 0.717) is 16.4 Å². The molecule has 2 aromatic heterocycles. The number of carbonyl (C=O) groups excluding carboxylic acids is 1. The van der Waals surface area contributed by atoms with Crippen molar-refractivity contribution in [3.05, 3.63) is 112 Å². The molecule has 12 heteroatoms. The third-order valence-corrected chi connectivity index (χ3v) is 7.42. The summed E-state index contributed by atoms with van der Waals surface area (Å²) in [6.45, 7) is 0. The first kappa shape index (κ1) is 26.8. The molecular weight excluding hydrogens is 626 g/mol. The number of nitrogens with zero attached hydrogens (tertiary/aromatic N) is 4. The number of para-hydroxylation sites is 1. The zero-order valence-electron chi connectivity index (χ0n) is 18.7. The van der Waals surface area contributed by atoms with Gasteiger partial charge in [-0.05, 0) is 60.0 Å². The number of amides is 1. The summed E-state index contributed by atoms with van der Waals surface area (Å²) in [5, 5.41) is 9.69. The minimum Gasteiger partial charge on any atom is -0.433 e. The van der Waals surface area contributed by atoms with Crippen LogP contribution in [0.5, 0.6) is 0 Å². The van der Waals surface area contributed by atoms with Crippen LogP contribution in [0.2, 0.25) is 5.02 Å². The summed E-state index contributed by atoms with van der Waals surface area (Å²) < 4.78 is 30.3. The maximum atomic E-state index is 13.0. The molecule has 1 amide bonds. The molecule has 5 rings (SSSR count). The van der Waals surface area contributed by atoms with E-state index in [1.54, 1.807) is 28.3 Å². The Morgan fingerprint density at radius 3 is 2.32 bits per heavy atom. The molecule has 0 aliphatic carbocycles. The Balaban J connectivity index is 0.00000320. The van der Waals surface area contributed by atoms with Crippen LogP contribution in [0, 0.1) is 0 Å². The number of hydrogen-bond donors (Lipinski definition) is 1. The van der Waals surface area contributed by atoms with Gasteiger partial charge in [-0.25, -0.2) is 13.1 Å². The molecule has 0 fully saturated rings. The van der Waals surface area contributed by atoms with Crippen LogP contribution in [0.25, 0.3) is 21.7 Å².